The fourth-order valence-corrected chi connectivity index (χ4v) is 2.65. The lowest BCUT2D eigenvalue weighted by molar-refractivity contribution is -0.138. The molecule has 0 amide bonds. The van der Waals surface area contributed by atoms with Crippen LogP contribution < -0.4 is 0 Å². The van der Waals surface area contributed by atoms with Crippen molar-refractivity contribution >= 4 is 5.97 Å². The Balaban J connectivity index is 3.13. The van der Waals surface area contributed by atoms with Crippen LogP contribution in [0.3, 0.4) is 0 Å². The normalized spacial score (nSPS) is 11.2. The molecule has 0 fully saturated rings. The van der Waals surface area contributed by atoms with E-state index >= 15 is 0 Å². The van der Waals surface area contributed by atoms with E-state index in [1.165, 1.54) is 83.1 Å². The Morgan fingerprint density at radius 2 is 1.30 bits per heavy atom. The zero-order valence-electron chi connectivity index (χ0n) is 15.2. The van der Waals surface area contributed by atoms with Gasteiger partial charge in [-0.15, -0.1) is 0 Å². The van der Waals surface area contributed by atoms with Gasteiger partial charge in [0.1, 0.15) is 6.61 Å². The van der Waals surface area contributed by atoms with Crippen molar-refractivity contribution in [1.29, 1.82) is 0 Å². The number of hydrogen-bond acceptors (Lipinski definition) is 3. The minimum absolute atomic E-state index is 0.0852. The standard InChI is InChI=1S/C20H38O3/c1-2-3-4-5-6-7-8-9-10-11-12-13-14-15-16-17-20(22)23-19-18-21/h16-17,21H,2-15,18-19H2,1H3. The second kappa shape index (κ2) is 19.2. The van der Waals surface area contributed by atoms with Crippen molar-refractivity contribution in [2.24, 2.45) is 0 Å². The Labute approximate surface area is 143 Å². The maximum Gasteiger partial charge on any atom is 0.330 e. The minimum atomic E-state index is -0.353. The van der Waals surface area contributed by atoms with Gasteiger partial charge in [-0.2, -0.15) is 0 Å². The lowest BCUT2D eigenvalue weighted by Crippen LogP contribution is -2.04. The van der Waals surface area contributed by atoms with Crippen molar-refractivity contribution in [2.45, 2.75) is 96.8 Å². The second-order valence-electron chi connectivity index (χ2n) is 6.32. The summed E-state index contributed by atoms with van der Waals surface area (Å²) in [5.41, 5.74) is 0. The molecule has 0 unspecified atom stereocenters. The van der Waals surface area contributed by atoms with Crippen LogP contribution in [0.15, 0.2) is 12.2 Å². The predicted octanol–water partition coefficient (Wildman–Crippen LogP) is 5.56. The van der Waals surface area contributed by atoms with Crippen molar-refractivity contribution in [3.05, 3.63) is 12.2 Å². The van der Waals surface area contributed by atoms with Gasteiger partial charge in [0.05, 0.1) is 6.61 Å². The summed E-state index contributed by atoms with van der Waals surface area (Å²) in [5, 5.41) is 8.52. The average molecular weight is 327 g/mol. The number of carbonyl (C=O) groups excluding carboxylic acids is 1. The van der Waals surface area contributed by atoms with Crippen LogP contribution in [0.2, 0.25) is 0 Å². The van der Waals surface area contributed by atoms with Gasteiger partial charge >= 0.3 is 5.97 Å². The fourth-order valence-electron chi connectivity index (χ4n) is 2.65. The second-order valence-corrected chi connectivity index (χ2v) is 6.32. The fraction of sp³-hybridized carbons (Fsp3) is 0.850. The van der Waals surface area contributed by atoms with Gasteiger partial charge in [-0.25, -0.2) is 4.79 Å². The highest BCUT2D eigenvalue weighted by Crippen LogP contribution is 2.12. The van der Waals surface area contributed by atoms with Crippen molar-refractivity contribution in [3.8, 4) is 0 Å². The monoisotopic (exact) mass is 326 g/mol. The maximum atomic E-state index is 11.1. The topological polar surface area (TPSA) is 46.5 Å². The zero-order chi connectivity index (χ0) is 17.0. The number of carbonyl (C=O) groups is 1. The summed E-state index contributed by atoms with van der Waals surface area (Å²) >= 11 is 0. The summed E-state index contributed by atoms with van der Waals surface area (Å²) in [6.45, 7) is 2.24. The molecule has 0 aliphatic rings. The Bertz CT molecular complexity index is 274. The predicted molar refractivity (Wildman–Crippen MR) is 97.5 cm³/mol. The molecule has 0 aliphatic carbocycles. The van der Waals surface area contributed by atoms with Crippen molar-refractivity contribution in [1.82, 2.24) is 0 Å². The van der Waals surface area contributed by atoms with Crippen LogP contribution in [-0.4, -0.2) is 24.3 Å². The first-order valence-electron chi connectivity index (χ1n) is 9.75. The van der Waals surface area contributed by atoms with Gasteiger partial charge in [0.25, 0.3) is 0 Å². The molecule has 136 valence electrons. The Morgan fingerprint density at radius 1 is 0.826 bits per heavy atom. The van der Waals surface area contributed by atoms with Gasteiger partial charge in [-0.1, -0.05) is 90.0 Å². The average Bonchev–Trinajstić information content (AvgIpc) is 2.56. The number of allylic oxidation sites excluding steroid dienone is 1. The highest BCUT2D eigenvalue weighted by atomic mass is 16.5. The summed E-state index contributed by atoms with van der Waals surface area (Å²) in [5.74, 6) is -0.353. The number of aliphatic hydroxyl groups is 1. The van der Waals surface area contributed by atoms with E-state index in [-0.39, 0.29) is 19.2 Å². The molecule has 0 radical (unpaired) electrons. The van der Waals surface area contributed by atoms with E-state index in [0.717, 1.165) is 12.8 Å². The molecule has 0 atom stereocenters. The SMILES string of the molecule is CCCCCCCCCCCCCCCC=CC(=O)OCCO. The molecule has 23 heavy (non-hydrogen) atoms. The van der Waals surface area contributed by atoms with Gasteiger partial charge in [0.15, 0.2) is 0 Å². The molecule has 0 rings (SSSR count). The quantitative estimate of drug-likeness (QED) is 0.216. The van der Waals surface area contributed by atoms with Crippen molar-refractivity contribution in [3.63, 3.8) is 0 Å². The van der Waals surface area contributed by atoms with E-state index in [0.29, 0.717) is 0 Å². The number of aliphatic hydroxyl groups excluding tert-OH is 1. The van der Waals surface area contributed by atoms with Gasteiger partial charge < -0.3 is 9.84 Å². The number of ether oxygens (including phenoxy) is 1. The van der Waals surface area contributed by atoms with Crippen LogP contribution in [0, 0.1) is 0 Å². The highest BCUT2D eigenvalue weighted by molar-refractivity contribution is 5.81. The van der Waals surface area contributed by atoms with Crippen LogP contribution in [-0.2, 0) is 9.53 Å². The van der Waals surface area contributed by atoms with Gasteiger partial charge in [-0.3, -0.25) is 0 Å². The molecule has 0 saturated carbocycles. The molecular formula is C20H38O3. The van der Waals surface area contributed by atoms with Gasteiger partial charge in [0.2, 0.25) is 0 Å². The molecule has 0 spiro atoms. The first-order valence-corrected chi connectivity index (χ1v) is 9.75. The summed E-state index contributed by atoms with van der Waals surface area (Å²) in [6.07, 6.45) is 21.9. The third kappa shape index (κ3) is 19.1. The Morgan fingerprint density at radius 3 is 1.78 bits per heavy atom. The summed E-state index contributed by atoms with van der Waals surface area (Å²) in [6, 6.07) is 0. The van der Waals surface area contributed by atoms with E-state index in [1.807, 2.05) is 6.08 Å². The number of rotatable bonds is 17. The molecule has 0 aromatic rings. The summed E-state index contributed by atoms with van der Waals surface area (Å²) in [7, 11) is 0. The van der Waals surface area contributed by atoms with Crippen molar-refractivity contribution in [2.75, 3.05) is 13.2 Å². The molecule has 3 nitrogen and oxygen atoms in total. The highest BCUT2D eigenvalue weighted by Gasteiger charge is 1.95. The number of esters is 1. The van der Waals surface area contributed by atoms with E-state index in [4.69, 9.17) is 9.84 Å². The lowest BCUT2D eigenvalue weighted by Gasteiger charge is -2.02. The van der Waals surface area contributed by atoms with Crippen LogP contribution in [0.1, 0.15) is 96.8 Å². The smallest absolute Gasteiger partial charge is 0.330 e. The van der Waals surface area contributed by atoms with Crippen LogP contribution >= 0.6 is 0 Å². The first kappa shape index (κ1) is 22.2. The van der Waals surface area contributed by atoms with Gasteiger partial charge in [-0.05, 0) is 12.8 Å². The largest absolute Gasteiger partial charge is 0.460 e. The molecule has 0 aliphatic heterocycles. The summed E-state index contributed by atoms with van der Waals surface area (Å²) in [4.78, 5) is 11.1. The van der Waals surface area contributed by atoms with Crippen LogP contribution in [0.25, 0.3) is 0 Å². The van der Waals surface area contributed by atoms with Crippen LogP contribution in [0.5, 0.6) is 0 Å². The zero-order valence-corrected chi connectivity index (χ0v) is 15.2. The molecule has 0 aromatic carbocycles. The molecule has 1 N–H and O–H groups in total. The summed E-state index contributed by atoms with van der Waals surface area (Å²) < 4.78 is 4.73. The van der Waals surface area contributed by atoms with E-state index in [1.54, 1.807) is 0 Å². The molecule has 0 aromatic heterocycles. The van der Waals surface area contributed by atoms with E-state index < -0.39 is 0 Å². The molecular weight excluding hydrogens is 288 g/mol. The third-order valence-corrected chi connectivity index (χ3v) is 4.06. The molecule has 3 heteroatoms. The van der Waals surface area contributed by atoms with E-state index in [9.17, 15) is 4.79 Å². The maximum absolute atomic E-state index is 11.1. The molecule has 0 bridgehead atoms. The number of hydrogen-bond donors (Lipinski definition) is 1. The van der Waals surface area contributed by atoms with E-state index in [2.05, 4.69) is 6.92 Å². The lowest BCUT2D eigenvalue weighted by atomic mass is 10.0. The molecule has 0 heterocycles. The van der Waals surface area contributed by atoms with Crippen molar-refractivity contribution < 1.29 is 14.6 Å². The minimum Gasteiger partial charge on any atom is -0.460 e. The first-order chi connectivity index (χ1) is 11.3. The third-order valence-electron chi connectivity index (χ3n) is 4.06. The van der Waals surface area contributed by atoms with Gasteiger partial charge in [0, 0.05) is 6.08 Å². The Hall–Kier alpha value is -0.830. The van der Waals surface area contributed by atoms with Crippen LogP contribution in [0.4, 0.5) is 0 Å². The number of unbranched alkanes of at least 4 members (excludes halogenated alkanes) is 13. The Kier molecular flexibility index (Phi) is 18.5. The molecule has 0 saturated heterocycles.